The average molecular weight is 424 g/mol. The van der Waals surface area contributed by atoms with Crippen LogP contribution in [-0.2, 0) is 29.0 Å². The Morgan fingerprint density at radius 3 is 2.24 bits per heavy atom. The smallest absolute Gasteiger partial charge is 0.303 e. The summed E-state index contributed by atoms with van der Waals surface area (Å²) in [4.78, 5) is 19.3. The molecule has 8 heteroatoms. The van der Waals surface area contributed by atoms with Crippen LogP contribution in [-0.4, -0.2) is 35.2 Å². The fraction of sp³-hybridized carbons (Fsp3) is 0.333. The third kappa shape index (κ3) is 7.71. The number of hydrogen-bond donors (Lipinski definition) is 3. The van der Waals surface area contributed by atoms with Crippen molar-refractivity contribution in [2.75, 3.05) is 13.1 Å². The van der Waals surface area contributed by atoms with Gasteiger partial charge in [-0.15, -0.1) is 0 Å². The highest BCUT2D eigenvalue weighted by atomic mass is 35.5. The van der Waals surface area contributed by atoms with Crippen LogP contribution in [0.2, 0.25) is 5.02 Å². The quantitative estimate of drug-likeness (QED) is 0.656. The lowest BCUT2D eigenvalue weighted by molar-refractivity contribution is -0.143. The van der Waals surface area contributed by atoms with E-state index in [-0.39, 0.29) is 18.7 Å². The number of fused-ring (bicyclic) bond motifs is 1. The highest BCUT2D eigenvalue weighted by Gasteiger charge is 2.15. The predicted octanol–water partition coefficient (Wildman–Crippen LogP) is 3.68. The van der Waals surface area contributed by atoms with Crippen molar-refractivity contribution in [3.8, 4) is 5.75 Å². The molecule has 0 aliphatic carbocycles. The Hall–Kier alpha value is -2.64. The Morgan fingerprint density at radius 2 is 1.62 bits per heavy atom. The van der Waals surface area contributed by atoms with Crippen molar-refractivity contribution in [2.24, 2.45) is 0 Å². The van der Waals surface area contributed by atoms with Gasteiger partial charge in [-0.1, -0.05) is 17.7 Å². The number of carboxylic acids is 2. The van der Waals surface area contributed by atoms with Crippen molar-refractivity contribution in [3.05, 3.63) is 63.9 Å². The maximum Gasteiger partial charge on any atom is 0.303 e. The summed E-state index contributed by atoms with van der Waals surface area (Å²) in [6, 6.07) is 10.1. The number of aliphatic carboxylic acids is 2. The third-order valence-corrected chi connectivity index (χ3v) is 4.70. The normalized spacial score (nSPS) is 12.8. The fourth-order valence-electron chi connectivity index (χ4n) is 2.88. The Kier molecular flexibility index (Phi) is 8.89. The van der Waals surface area contributed by atoms with Gasteiger partial charge < -0.3 is 20.3 Å². The van der Waals surface area contributed by atoms with Crippen LogP contribution in [0.1, 0.15) is 29.5 Å². The Bertz CT molecular complexity index is 828. The molecule has 1 aliphatic heterocycles. The number of carbonyl (C=O) groups is 2. The van der Waals surface area contributed by atoms with Crippen molar-refractivity contribution < 1.29 is 28.9 Å². The van der Waals surface area contributed by atoms with Gasteiger partial charge in [-0.2, -0.15) is 0 Å². The maximum atomic E-state index is 12.9. The minimum Gasteiger partial charge on any atom is -0.489 e. The van der Waals surface area contributed by atoms with Crippen LogP contribution in [0.3, 0.4) is 0 Å². The number of carboxylic acid groups (broad SMARTS) is 2. The molecule has 0 saturated heterocycles. The van der Waals surface area contributed by atoms with E-state index < -0.39 is 11.9 Å². The number of ether oxygens (including phenoxy) is 1. The number of nitrogens with one attached hydrogen (secondary N) is 1. The summed E-state index contributed by atoms with van der Waals surface area (Å²) in [7, 11) is 0. The highest BCUT2D eigenvalue weighted by Crippen LogP contribution is 2.27. The van der Waals surface area contributed by atoms with E-state index >= 15 is 0 Å². The van der Waals surface area contributed by atoms with Gasteiger partial charge in [-0.05, 0) is 67.4 Å². The molecule has 0 amide bonds. The third-order valence-electron chi connectivity index (χ3n) is 4.34. The molecule has 29 heavy (non-hydrogen) atoms. The van der Waals surface area contributed by atoms with E-state index in [2.05, 4.69) is 11.4 Å². The lowest BCUT2D eigenvalue weighted by Crippen LogP contribution is -2.16. The number of benzene rings is 2. The van der Waals surface area contributed by atoms with Gasteiger partial charge >= 0.3 is 11.9 Å². The fourth-order valence-corrected chi connectivity index (χ4v) is 3.11. The highest BCUT2D eigenvalue weighted by molar-refractivity contribution is 6.31. The zero-order valence-electron chi connectivity index (χ0n) is 15.8. The Morgan fingerprint density at radius 1 is 1.00 bits per heavy atom. The van der Waals surface area contributed by atoms with Crippen LogP contribution < -0.4 is 10.1 Å². The molecule has 0 aromatic heterocycles. The van der Waals surface area contributed by atoms with Crippen molar-refractivity contribution >= 4 is 23.5 Å². The zero-order chi connectivity index (χ0) is 21.2. The maximum absolute atomic E-state index is 12.9. The van der Waals surface area contributed by atoms with Crippen LogP contribution in [0.5, 0.6) is 5.75 Å². The summed E-state index contributed by atoms with van der Waals surface area (Å²) < 4.78 is 18.7. The van der Waals surface area contributed by atoms with Gasteiger partial charge in [-0.25, -0.2) is 4.39 Å². The van der Waals surface area contributed by atoms with E-state index in [0.717, 1.165) is 36.5 Å². The molecule has 3 N–H and O–H groups in total. The molecule has 1 heterocycles. The first-order chi connectivity index (χ1) is 13.9. The van der Waals surface area contributed by atoms with Crippen molar-refractivity contribution in [3.63, 3.8) is 0 Å². The van der Waals surface area contributed by atoms with Crippen molar-refractivity contribution in [2.45, 2.75) is 32.3 Å². The first-order valence-corrected chi connectivity index (χ1v) is 9.56. The molecule has 1 aliphatic rings. The van der Waals surface area contributed by atoms with Gasteiger partial charge in [0.15, 0.2) is 0 Å². The first kappa shape index (κ1) is 22.6. The molecular weight excluding hydrogens is 401 g/mol. The second-order valence-electron chi connectivity index (χ2n) is 6.44. The molecule has 2 aromatic carbocycles. The van der Waals surface area contributed by atoms with Gasteiger partial charge in [0, 0.05) is 10.6 Å². The second-order valence-corrected chi connectivity index (χ2v) is 6.85. The lowest BCUT2D eigenvalue weighted by atomic mass is 9.97. The summed E-state index contributed by atoms with van der Waals surface area (Å²) in [5.41, 5.74) is 3.67. The van der Waals surface area contributed by atoms with Crippen LogP contribution in [0.4, 0.5) is 4.39 Å². The van der Waals surface area contributed by atoms with E-state index in [9.17, 15) is 14.0 Å². The van der Waals surface area contributed by atoms with Gasteiger partial charge in [-0.3, -0.25) is 9.59 Å². The Labute approximate surface area is 173 Å². The van der Waals surface area contributed by atoms with E-state index in [0.29, 0.717) is 12.4 Å². The molecular formula is C21H23ClFNO5. The molecule has 6 nitrogen and oxygen atoms in total. The molecule has 2 aromatic rings. The van der Waals surface area contributed by atoms with Crippen LogP contribution >= 0.6 is 11.6 Å². The first-order valence-electron chi connectivity index (χ1n) is 9.18. The average Bonchev–Trinajstić information content (AvgIpc) is 2.93. The molecule has 0 spiro atoms. The molecule has 0 fully saturated rings. The topological polar surface area (TPSA) is 95.9 Å². The SMILES string of the molecule is Fc1ccc(OCc2c(Cl)ccc3c2CCNCC3)cc1.O=C(O)CCC(=O)O. The molecule has 0 atom stereocenters. The van der Waals surface area contributed by atoms with Gasteiger partial charge in [0.1, 0.15) is 18.2 Å². The largest absolute Gasteiger partial charge is 0.489 e. The molecule has 3 rings (SSSR count). The van der Waals surface area contributed by atoms with Crippen LogP contribution in [0.25, 0.3) is 0 Å². The van der Waals surface area contributed by atoms with Gasteiger partial charge in [0.2, 0.25) is 0 Å². The molecule has 0 radical (unpaired) electrons. The van der Waals surface area contributed by atoms with E-state index in [1.54, 1.807) is 12.1 Å². The molecule has 0 bridgehead atoms. The second kappa shape index (κ2) is 11.4. The summed E-state index contributed by atoms with van der Waals surface area (Å²) >= 11 is 6.35. The van der Waals surface area contributed by atoms with Crippen LogP contribution in [0, 0.1) is 5.82 Å². The summed E-state index contributed by atoms with van der Waals surface area (Å²) in [5.74, 6) is -1.77. The molecule has 0 unspecified atom stereocenters. The monoisotopic (exact) mass is 423 g/mol. The van der Waals surface area contributed by atoms with Crippen molar-refractivity contribution in [1.29, 1.82) is 0 Å². The van der Waals surface area contributed by atoms with E-state index in [1.807, 2.05) is 6.07 Å². The summed E-state index contributed by atoms with van der Waals surface area (Å²) in [5, 5.41) is 19.9. The summed E-state index contributed by atoms with van der Waals surface area (Å²) in [6.45, 7) is 2.36. The number of halogens is 2. The predicted molar refractivity (Wildman–Crippen MR) is 107 cm³/mol. The Balaban J connectivity index is 0.000000321. The van der Waals surface area contributed by atoms with Gasteiger partial charge in [0.05, 0.1) is 12.8 Å². The lowest BCUT2D eigenvalue weighted by Gasteiger charge is -2.15. The van der Waals surface area contributed by atoms with Crippen LogP contribution in [0.15, 0.2) is 36.4 Å². The minimum atomic E-state index is -1.08. The molecule has 156 valence electrons. The van der Waals surface area contributed by atoms with Gasteiger partial charge in [0.25, 0.3) is 0 Å². The van der Waals surface area contributed by atoms with Crippen molar-refractivity contribution in [1.82, 2.24) is 5.32 Å². The number of hydrogen-bond acceptors (Lipinski definition) is 4. The standard InChI is InChI=1S/C17H17ClFNO.C4H6O4/c18-17-6-1-12-7-9-20-10-8-15(12)16(17)11-21-14-4-2-13(19)3-5-14;5-3(6)1-2-4(7)8/h1-6,20H,7-11H2;1-2H2,(H,5,6)(H,7,8). The van der Waals surface area contributed by atoms with E-state index in [1.165, 1.54) is 23.3 Å². The summed E-state index contributed by atoms with van der Waals surface area (Å²) in [6.07, 6.45) is 1.37. The van der Waals surface area contributed by atoms with E-state index in [4.69, 9.17) is 26.6 Å². The minimum absolute atomic E-state index is 0.264. The number of rotatable bonds is 6. The molecule has 0 saturated carbocycles. The zero-order valence-corrected chi connectivity index (χ0v) is 16.5.